The first-order valence-electron chi connectivity index (χ1n) is 8.81. The Hall–Kier alpha value is -1.41. The van der Waals surface area contributed by atoms with E-state index in [2.05, 4.69) is 44.7 Å². The van der Waals surface area contributed by atoms with Gasteiger partial charge in [0.15, 0.2) is 5.78 Å². The van der Waals surface area contributed by atoms with Crippen molar-refractivity contribution in [2.24, 2.45) is 17.3 Å². The molecule has 0 radical (unpaired) electrons. The summed E-state index contributed by atoms with van der Waals surface area (Å²) in [7, 11) is 0. The second kappa shape index (κ2) is 7.44. The van der Waals surface area contributed by atoms with E-state index in [0.29, 0.717) is 12.3 Å². The predicted octanol–water partition coefficient (Wildman–Crippen LogP) is 4.77. The summed E-state index contributed by atoms with van der Waals surface area (Å²) in [5.41, 5.74) is 1.64. The molecule has 0 aliphatic heterocycles. The molecule has 0 aromatic carbocycles. The van der Waals surface area contributed by atoms with Gasteiger partial charge in [0.1, 0.15) is 6.10 Å². The topological polar surface area (TPSA) is 37.3 Å². The molecule has 0 amide bonds. The lowest BCUT2D eigenvalue weighted by Crippen LogP contribution is -2.43. The molecular formula is C21H30O2. The van der Waals surface area contributed by atoms with Crippen molar-refractivity contribution in [2.45, 2.75) is 59.0 Å². The highest BCUT2D eigenvalue weighted by Gasteiger charge is 2.43. The molecule has 0 aromatic heterocycles. The Bertz CT molecular complexity index is 550. The zero-order chi connectivity index (χ0) is 17.0. The van der Waals surface area contributed by atoms with Crippen molar-refractivity contribution in [2.75, 3.05) is 0 Å². The van der Waals surface area contributed by atoms with Crippen molar-refractivity contribution in [3.8, 4) is 0 Å². The number of carbonyl (C=O) groups is 1. The fourth-order valence-electron chi connectivity index (χ4n) is 3.66. The van der Waals surface area contributed by atoms with Crippen LogP contribution in [0.4, 0.5) is 0 Å². The van der Waals surface area contributed by atoms with E-state index >= 15 is 0 Å². The molecule has 3 atom stereocenters. The van der Waals surface area contributed by atoms with Gasteiger partial charge in [-0.15, -0.1) is 0 Å². The van der Waals surface area contributed by atoms with Crippen LogP contribution in [-0.4, -0.2) is 17.0 Å². The van der Waals surface area contributed by atoms with Crippen LogP contribution in [0.15, 0.2) is 48.1 Å². The molecule has 0 saturated carbocycles. The molecule has 126 valence electrons. The number of hydrogen-bond acceptors (Lipinski definition) is 2. The van der Waals surface area contributed by atoms with Crippen LogP contribution in [0, 0.1) is 17.3 Å². The number of fused-ring (bicyclic) bond motifs is 1. The van der Waals surface area contributed by atoms with Crippen LogP contribution in [0.3, 0.4) is 0 Å². The molecule has 2 rings (SSSR count). The fourth-order valence-corrected chi connectivity index (χ4v) is 3.66. The lowest BCUT2D eigenvalue weighted by atomic mass is 9.65. The number of aliphatic hydroxyl groups excluding tert-OH is 1. The van der Waals surface area contributed by atoms with Gasteiger partial charge in [-0.25, -0.2) is 0 Å². The van der Waals surface area contributed by atoms with Crippen molar-refractivity contribution in [3.05, 3.63) is 48.1 Å². The first kappa shape index (κ1) is 17.9. The summed E-state index contributed by atoms with van der Waals surface area (Å²) in [4.78, 5) is 13.0. The number of ketones is 1. The van der Waals surface area contributed by atoms with E-state index in [1.807, 2.05) is 13.0 Å². The summed E-state index contributed by atoms with van der Waals surface area (Å²) in [5.74, 6) is 0.407. The summed E-state index contributed by atoms with van der Waals surface area (Å²) >= 11 is 0. The zero-order valence-electron chi connectivity index (χ0n) is 14.7. The monoisotopic (exact) mass is 314 g/mol. The normalized spacial score (nSPS) is 34.4. The van der Waals surface area contributed by atoms with Crippen LogP contribution < -0.4 is 0 Å². The maximum Gasteiger partial charge on any atom is 0.171 e. The van der Waals surface area contributed by atoms with E-state index in [1.165, 1.54) is 0 Å². The van der Waals surface area contributed by atoms with Crippen molar-refractivity contribution >= 4 is 5.78 Å². The molecule has 0 bridgehead atoms. The Morgan fingerprint density at radius 2 is 2.22 bits per heavy atom. The summed E-state index contributed by atoms with van der Waals surface area (Å²) in [6.07, 6.45) is 13.8. The van der Waals surface area contributed by atoms with E-state index in [-0.39, 0.29) is 11.7 Å². The van der Waals surface area contributed by atoms with Crippen LogP contribution >= 0.6 is 0 Å². The molecule has 0 heterocycles. The van der Waals surface area contributed by atoms with E-state index in [4.69, 9.17) is 0 Å². The Labute approximate surface area is 140 Å². The van der Waals surface area contributed by atoms with Crippen LogP contribution in [0.25, 0.3) is 0 Å². The average Bonchev–Trinajstić information content (AvgIpc) is 2.52. The summed E-state index contributed by atoms with van der Waals surface area (Å²) in [6.45, 7) is 10.2. The molecular weight excluding hydrogens is 284 g/mol. The van der Waals surface area contributed by atoms with Crippen LogP contribution in [-0.2, 0) is 4.79 Å². The largest absolute Gasteiger partial charge is 0.385 e. The summed E-state index contributed by atoms with van der Waals surface area (Å²) < 4.78 is 0. The van der Waals surface area contributed by atoms with Gasteiger partial charge < -0.3 is 5.11 Å². The highest BCUT2D eigenvalue weighted by atomic mass is 16.3. The maximum atomic E-state index is 13.0. The van der Waals surface area contributed by atoms with E-state index in [0.717, 1.165) is 36.8 Å². The van der Waals surface area contributed by atoms with Crippen LogP contribution in [0.5, 0.6) is 0 Å². The lowest BCUT2D eigenvalue weighted by molar-refractivity contribution is -0.138. The first-order chi connectivity index (χ1) is 10.9. The molecule has 2 nitrogen and oxygen atoms in total. The van der Waals surface area contributed by atoms with Crippen molar-refractivity contribution in [3.63, 3.8) is 0 Å². The van der Waals surface area contributed by atoms with Gasteiger partial charge in [0.2, 0.25) is 0 Å². The molecule has 1 unspecified atom stereocenters. The van der Waals surface area contributed by atoms with Gasteiger partial charge in [-0.05, 0) is 62.0 Å². The molecule has 23 heavy (non-hydrogen) atoms. The van der Waals surface area contributed by atoms with Gasteiger partial charge in [0.05, 0.1) is 5.41 Å². The average molecular weight is 314 g/mol. The lowest BCUT2D eigenvalue weighted by Gasteiger charge is -2.38. The molecule has 0 saturated heterocycles. The van der Waals surface area contributed by atoms with Gasteiger partial charge in [-0.1, -0.05) is 50.8 Å². The minimum atomic E-state index is -0.901. The number of rotatable bonds is 4. The summed E-state index contributed by atoms with van der Waals surface area (Å²) in [6, 6.07) is 0. The second-order valence-corrected chi connectivity index (χ2v) is 7.49. The Kier molecular flexibility index (Phi) is 5.80. The molecule has 0 fully saturated rings. The number of allylic oxidation sites excluding steroid dienone is 7. The van der Waals surface area contributed by atoms with E-state index in [9.17, 15) is 9.90 Å². The van der Waals surface area contributed by atoms with Crippen molar-refractivity contribution in [1.29, 1.82) is 0 Å². The van der Waals surface area contributed by atoms with Gasteiger partial charge >= 0.3 is 0 Å². The molecule has 2 aliphatic rings. The van der Waals surface area contributed by atoms with Gasteiger partial charge in [0.25, 0.3) is 0 Å². The highest BCUT2D eigenvalue weighted by Crippen LogP contribution is 2.43. The van der Waals surface area contributed by atoms with Crippen molar-refractivity contribution < 1.29 is 9.90 Å². The second-order valence-electron chi connectivity index (χ2n) is 7.49. The smallest absolute Gasteiger partial charge is 0.171 e. The minimum Gasteiger partial charge on any atom is -0.385 e. The Morgan fingerprint density at radius 1 is 1.48 bits per heavy atom. The van der Waals surface area contributed by atoms with E-state index < -0.39 is 11.5 Å². The van der Waals surface area contributed by atoms with E-state index in [1.54, 1.807) is 0 Å². The molecule has 0 spiro atoms. The fraction of sp³-hybridized carbons (Fsp3) is 0.571. The molecule has 2 aliphatic carbocycles. The third kappa shape index (κ3) is 3.92. The highest BCUT2D eigenvalue weighted by molar-refractivity contribution is 5.92. The maximum absolute atomic E-state index is 13.0. The quantitative estimate of drug-likeness (QED) is 0.759. The van der Waals surface area contributed by atoms with Crippen LogP contribution in [0.2, 0.25) is 0 Å². The van der Waals surface area contributed by atoms with Crippen molar-refractivity contribution in [1.82, 2.24) is 0 Å². The molecule has 0 aromatic rings. The summed E-state index contributed by atoms with van der Waals surface area (Å²) in [5, 5.41) is 10.8. The third-order valence-electron chi connectivity index (χ3n) is 5.20. The Morgan fingerprint density at radius 3 is 2.87 bits per heavy atom. The van der Waals surface area contributed by atoms with Crippen LogP contribution in [0.1, 0.15) is 52.9 Å². The Balaban J connectivity index is 2.35. The van der Waals surface area contributed by atoms with Gasteiger partial charge in [-0.2, -0.15) is 0 Å². The molecule has 1 N–H and O–H groups in total. The number of aliphatic hydroxyl groups is 1. The SMILES string of the molecule is C=C/C1=C/C2=CCCC[C@@]2(C)C(=O)C(O)[C@@H](C/C=C/C(C)C)C1. The number of hydrogen-bond donors (Lipinski definition) is 1. The first-order valence-corrected chi connectivity index (χ1v) is 8.81. The molecule has 2 heteroatoms. The standard InChI is InChI=1S/C21H30O2/c1-5-16-13-17(10-8-9-15(2)3)19(22)20(23)21(4)12-7-6-11-18(21)14-16/h5,8-9,11,14-15,17,19,22H,1,6-7,10,12-13H2,2-4H3/b9-8+,16-14-/t17-,19?,21+/m0/s1. The predicted molar refractivity (Wildman–Crippen MR) is 96.0 cm³/mol. The number of carbonyl (C=O) groups excluding carboxylic acids is 1. The minimum absolute atomic E-state index is 0.00856. The third-order valence-corrected chi connectivity index (χ3v) is 5.20. The van der Waals surface area contributed by atoms with Gasteiger partial charge in [-0.3, -0.25) is 4.79 Å². The number of Topliss-reactive ketones (excluding diaryl/α,β-unsaturated/α-hetero) is 1. The van der Waals surface area contributed by atoms with Gasteiger partial charge in [0, 0.05) is 0 Å². The zero-order valence-corrected chi connectivity index (χ0v) is 14.7.